The highest BCUT2D eigenvalue weighted by Gasteiger charge is 2.16. The molecule has 0 saturated heterocycles. The Morgan fingerprint density at radius 3 is 2.47 bits per heavy atom. The number of nitrogens with zero attached hydrogens (tertiary/aromatic N) is 2. The van der Waals surface area contributed by atoms with Gasteiger partial charge in [-0.25, -0.2) is 9.97 Å². The lowest BCUT2D eigenvalue weighted by molar-refractivity contribution is 0.561. The Morgan fingerprint density at radius 2 is 1.89 bits per heavy atom. The van der Waals surface area contributed by atoms with Gasteiger partial charge in [0, 0.05) is 11.6 Å². The Kier molecular flexibility index (Phi) is 6.60. The summed E-state index contributed by atoms with van der Waals surface area (Å²) in [6.07, 6.45) is 7.55. The maximum Gasteiger partial charge on any atom is 0.135 e. The first-order valence-electron chi connectivity index (χ1n) is 7.47. The molecule has 0 spiro atoms. The highest BCUT2D eigenvalue weighted by molar-refractivity contribution is 5.57. The van der Waals surface area contributed by atoms with Crippen molar-refractivity contribution in [2.45, 2.75) is 71.8 Å². The number of nitrogen functional groups attached to an aromatic ring is 1. The van der Waals surface area contributed by atoms with Crippen LogP contribution in [-0.2, 0) is 0 Å². The summed E-state index contributed by atoms with van der Waals surface area (Å²) in [6.45, 7) is 8.70. The SMILES string of the molecule is CCCCC(CCC)Nc1ncnc(N)c1C(C)C. The lowest BCUT2D eigenvalue weighted by Crippen LogP contribution is -2.22. The van der Waals surface area contributed by atoms with Crippen molar-refractivity contribution in [1.29, 1.82) is 0 Å². The molecular weight excluding hydrogens is 236 g/mol. The standard InChI is InChI=1S/C15H28N4/c1-5-7-9-12(8-6-2)19-15-13(11(3)4)14(16)17-10-18-15/h10-12H,5-9H2,1-4H3,(H3,16,17,18,19). The van der Waals surface area contributed by atoms with Gasteiger partial charge in [0.2, 0.25) is 0 Å². The molecule has 1 rings (SSSR count). The molecule has 0 aliphatic rings. The van der Waals surface area contributed by atoms with Gasteiger partial charge in [-0.3, -0.25) is 0 Å². The highest BCUT2D eigenvalue weighted by Crippen LogP contribution is 2.27. The third-order valence-electron chi connectivity index (χ3n) is 3.38. The average Bonchev–Trinajstić information content (AvgIpc) is 2.35. The molecule has 0 aromatic carbocycles. The van der Waals surface area contributed by atoms with Crippen LogP contribution < -0.4 is 11.1 Å². The maximum absolute atomic E-state index is 5.98. The number of nitrogens with one attached hydrogen (secondary N) is 1. The fraction of sp³-hybridized carbons (Fsp3) is 0.733. The zero-order chi connectivity index (χ0) is 14.3. The molecule has 0 saturated carbocycles. The quantitative estimate of drug-likeness (QED) is 0.746. The van der Waals surface area contributed by atoms with Crippen molar-refractivity contribution in [2.75, 3.05) is 11.1 Å². The van der Waals surface area contributed by atoms with E-state index in [9.17, 15) is 0 Å². The van der Waals surface area contributed by atoms with E-state index in [0.717, 1.165) is 11.4 Å². The number of aromatic nitrogens is 2. The van der Waals surface area contributed by atoms with Gasteiger partial charge in [-0.05, 0) is 18.8 Å². The molecule has 0 bridgehead atoms. The van der Waals surface area contributed by atoms with Gasteiger partial charge >= 0.3 is 0 Å². The summed E-state index contributed by atoms with van der Waals surface area (Å²) in [6, 6.07) is 0.483. The van der Waals surface area contributed by atoms with Crippen molar-refractivity contribution >= 4 is 11.6 Å². The summed E-state index contributed by atoms with van der Waals surface area (Å²) in [5.74, 6) is 1.84. The molecule has 1 aromatic rings. The molecule has 0 fully saturated rings. The lowest BCUT2D eigenvalue weighted by atomic mass is 10.0. The maximum atomic E-state index is 5.98. The molecule has 4 heteroatoms. The molecule has 1 unspecified atom stereocenters. The van der Waals surface area contributed by atoms with Crippen molar-refractivity contribution in [3.8, 4) is 0 Å². The highest BCUT2D eigenvalue weighted by atomic mass is 15.1. The van der Waals surface area contributed by atoms with Gasteiger partial charge in [-0.1, -0.05) is 47.0 Å². The first kappa shape index (κ1) is 15.7. The van der Waals surface area contributed by atoms with Gasteiger partial charge in [-0.15, -0.1) is 0 Å². The van der Waals surface area contributed by atoms with E-state index in [1.54, 1.807) is 6.33 Å². The van der Waals surface area contributed by atoms with E-state index in [1.807, 2.05) is 0 Å². The van der Waals surface area contributed by atoms with Crippen molar-refractivity contribution in [2.24, 2.45) is 0 Å². The van der Waals surface area contributed by atoms with E-state index in [0.29, 0.717) is 17.8 Å². The van der Waals surface area contributed by atoms with Crippen LogP contribution in [-0.4, -0.2) is 16.0 Å². The lowest BCUT2D eigenvalue weighted by Gasteiger charge is -2.22. The monoisotopic (exact) mass is 264 g/mol. The normalized spacial score (nSPS) is 12.7. The van der Waals surface area contributed by atoms with Crippen LogP contribution in [0.5, 0.6) is 0 Å². The van der Waals surface area contributed by atoms with Crippen molar-refractivity contribution in [3.05, 3.63) is 11.9 Å². The zero-order valence-corrected chi connectivity index (χ0v) is 12.7. The van der Waals surface area contributed by atoms with Gasteiger partial charge in [0.25, 0.3) is 0 Å². The molecule has 19 heavy (non-hydrogen) atoms. The summed E-state index contributed by atoms with van der Waals surface area (Å²) in [4.78, 5) is 8.49. The van der Waals surface area contributed by atoms with E-state index in [4.69, 9.17) is 5.73 Å². The molecule has 1 heterocycles. The summed E-state index contributed by atoms with van der Waals surface area (Å²) >= 11 is 0. The zero-order valence-electron chi connectivity index (χ0n) is 12.7. The van der Waals surface area contributed by atoms with Crippen LogP contribution in [0.4, 0.5) is 11.6 Å². The van der Waals surface area contributed by atoms with Gasteiger partial charge < -0.3 is 11.1 Å². The topological polar surface area (TPSA) is 63.8 Å². The Balaban J connectivity index is 2.86. The van der Waals surface area contributed by atoms with Crippen LogP contribution in [0.2, 0.25) is 0 Å². The molecule has 4 nitrogen and oxygen atoms in total. The fourth-order valence-corrected chi connectivity index (χ4v) is 2.37. The summed E-state index contributed by atoms with van der Waals surface area (Å²) < 4.78 is 0. The first-order chi connectivity index (χ1) is 9.10. The number of nitrogens with two attached hydrogens (primary N) is 1. The number of hydrogen-bond donors (Lipinski definition) is 2. The second-order valence-electron chi connectivity index (χ2n) is 5.45. The van der Waals surface area contributed by atoms with Gasteiger partial charge in [-0.2, -0.15) is 0 Å². The third-order valence-corrected chi connectivity index (χ3v) is 3.38. The van der Waals surface area contributed by atoms with E-state index < -0.39 is 0 Å². The van der Waals surface area contributed by atoms with Crippen LogP contribution in [0.15, 0.2) is 6.33 Å². The molecule has 0 radical (unpaired) electrons. The average molecular weight is 264 g/mol. The molecule has 108 valence electrons. The predicted molar refractivity (Wildman–Crippen MR) is 82.4 cm³/mol. The second kappa shape index (κ2) is 7.97. The van der Waals surface area contributed by atoms with Crippen LogP contribution in [0.3, 0.4) is 0 Å². The smallest absolute Gasteiger partial charge is 0.135 e. The van der Waals surface area contributed by atoms with Crippen molar-refractivity contribution < 1.29 is 0 Å². The van der Waals surface area contributed by atoms with Gasteiger partial charge in [0.15, 0.2) is 0 Å². The Bertz CT molecular complexity index is 376. The molecule has 0 aliphatic heterocycles. The summed E-state index contributed by atoms with van der Waals surface area (Å²) in [5.41, 5.74) is 7.02. The molecular formula is C15H28N4. The van der Waals surface area contributed by atoms with E-state index in [-0.39, 0.29) is 0 Å². The van der Waals surface area contributed by atoms with Crippen LogP contribution in [0, 0.1) is 0 Å². The van der Waals surface area contributed by atoms with Crippen LogP contribution in [0.25, 0.3) is 0 Å². The minimum Gasteiger partial charge on any atom is -0.383 e. The minimum atomic E-state index is 0.331. The fourth-order valence-electron chi connectivity index (χ4n) is 2.37. The molecule has 0 aliphatic carbocycles. The van der Waals surface area contributed by atoms with E-state index in [1.165, 1.54) is 32.1 Å². The molecule has 0 amide bonds. The minimum absolute atomic E-state index is 0.331. The van der Waals surface area contributed by atoms with Crippen LogP contribution in [0.1, 0.15) is 71.3 Å². The van der Waals surface area contributed by atoms with Crippen LogP contribution >= 0.6 is 0 Å². The van der Waals surface area contributed by atoms with Crippen molar-refractivity contribution in [3.63, 3.8) is 0 Å². The number of rotatable bonds is 8. The largest absolute Gasteiger partial charge is 0.383 e. The Labute approximate surface area is 117 Å². The van der Waals surface area contributed by atoms with E-state index >= 15 is 0 Å². The van der Waals surface area contributed by atoms with Gasteiger partial charge in [0.05, 0.1) is 0 Å². The van der Waals surface area contributed by atoms with Crippen molar-refractivity contribution in [1.82, 2.24) is 9.97 Å². The number of hydrogen-bond acceptors (Lipinski definition) is 4. The number of unbranched alkanes of at least 4 members (excludes halogenated alkanes) is 1. The predicted octanol–water partition coefficient (Wildman–Crippen LogP) is 3.95. The Morgan fingerprint density at radius 1 is 1.16 bits per heavy atom. The molecule has 3 N–H and O–H groups in total. The summed E-state index contributed by atoms with van der Waals surface area (Å²) in [7, 11) is 0. The second-order valence-corrected chi connectivity index (χ2v) is 5.45. The van der Waals surface area contributed by atoms with E-state index in [2.05, 4.69) is 43.0 Å². The Hall–Kier alpha value is -1.32. The summed E-state index contributed by atoms with van der Waals surface area (Å²) in [5, 5.41) is 3.57. The molecule has 1 atom stereocenters. The first-order valence-corrected chi connectivity index (χ1v) is 7.47. The number of anilines is 2. The van der Waals surface area contributed by atoms with Gasteiger partial charge in [0.1, 0.15) is 18.0 Å². The molecule has 1 aromatic heterocycles. The third kappa shape index (κ3) is 4.69.